The van der Waals surface area contributed by atoms with Crippen molar-refractivity contribution in [3.63, 3.8) is 0 Å². The van der Waals surface area contributed by atoms with Crippen molar-refractivity contribution in [2.24, 2.45) is 0 Å². The van der Waals surface area contributed by atoms with Gasteiger partial charge in [-0.1, -0.05) is 65.6 Å². The molecule has 0 bridgehead atoms. The Bertz CT molecular complexity index is 1180. The van der Waals surface area contributed by atoms with Crippen LogP contribution in [0.5, 0.6) is 0 Å². The van der Waals surface area contributed by atoms with Crippen molar-refractivity contribution in [2.45, 2.75) is 30.3 Å². The Kier molecular flexibility index (Phi) is 7.12. The minimum atomic E-state index is -3.09. The maximum absolute atomic E-state index is 13.1. The molecule has 1 aliphatic heterocycles. The summed E-state index contributed by atoms with van der Waals surface area (Å²) in [4.78, 5) is 14.8. The van der Waals surface area contributed by atoms with Gasteiger partial charge in [0.05, 0.1) is 17.3 Å². The summed E-state index contributed by atoms with van der Waals surface area (Å²) in [5, 5.41) is 12.2. The molecule has 1 saturated heterocycles. The minimum absolute atomic E-state index is 0.0274. The molecule has 0 radical (unpaired) electrons. The maximum atomic E-state index is 13.1. The standard InChI is InChI=1S/C22H24N4O3S3/c1-16-6-5-9-18(12-16)23-21-24-25-22(31-21)30-14-20(27)26(13-17-7-3-2-4-8-17)19-10-11-32(28,29)15-19/h2-9,12,19H,10-11,13-15H2,1H3,(H,23,24)/t19-/m0/s1. The molecule has 4 rings (SSSR count). The highest BCUT2D eigenvalue weighted by Crippen LogP contribution is 2.29. The lowest BCUT2D eigenvalue weighted by Gasteiger charge is -2.28. The third-order valence-electron chi connectivity index (χ3n) is 5.16. The van der Waals surface area contributed by atoms with Crippen LogP contribution in [-0.4, -0.2) is 52.7 Å². The van der Waals surface area contributed by atoms with Crippen molar-refractivity contribution in [1.82, 2.24) is 15.1 Å². The average molecular weight is 489 g/mol. The molecule has 0 saturated carbocycles. The fourth-order valence-corrected chi connectivity index (χ4v) is 6.98. The van der Waals surface area contributed by atoms with E-state index in [2.05, 4.69) is 15.5 Å². The van der Waals surface area contributed by atoms with Gasteiger partial charge in [0.25, 0.3) is 0 Å². The highest BCUT2D eigenvalue weighted by molar-refractivity contribution is 8.01. The highest BCUT2D eigenvalue weighted by Gasteiger charge is 2.34. The Morgan fingerprint density at radius 1 is 1.19 bits per heavy atom. The number of hydrogen-bond donors (Lipinski definition) is 1. The zero-order valence-electron chi connectivity index (χ0n) is 17.6. The fraction of sp³-hybridized carbons (Fsp3) is 0.318. The first-order chi connectivity index (χ1) is 15.4. The molecule has 0 aliphatic carbocycles. The summed E-state index contributed by atoms with van der Waals surface area (Å²) >= 11 is 2.71. The second-order valence-corrected chi connectivity index (χ2v) is 12.1. The summed E-state index contributed by atoms with van der Waals surface area (Å²) in [5.41, 5.74) is 3.06. The summed E-state index contributed by atoms with van der Waals surface area (Å²) in [5.74, 6) is 0.250. The Labute approximate surface area is 196 Å². The average Bonchev–Trinajstić information content (AvgIpc) is 3.36. The maximum Gasteiger partial charge on any atom is 0.233 e. The molecule has 168 valence electrons. The van der Waals surface area contributed by atoms with Crippen molar-refractivity contribution in [1.29, 1.82) is 0 Å². The number of nitrogens with zero attached hydrogens (tertiary/aromatic N) is 3. The number of thioether (sulfide) groups is 1. The lowest BCUT2D eigenvalue weighted by Crippen LogP contribution is -2.41. The van der Waals surface area contributed by atoms with Crippen molar-refractivity contribution in [3.05, 3.63) is 65.7 Å². The first-order valence-corrected chi connectivity index (χ1v) is 13.8. The number of nitrogens with one attached hydrogen (secondary N) is 1. The van der Waals surface area contributed by atoms with E-state index in [-0.39, 0.29) is 29.2 Å². The minimum Gasteiger partial charge on any atom is -0.334 e. The van der Waals surface area contributed by atoms with Crippen molar-refractivity contribution < 1.29 is 13.2 Å². The van der Waals surface area contributed by atoms with Gasteiger partial charge in [0, 0.05) is 18.3 Å². The van der Waals surface area contributed by atoms with E-state index in [0.29, 0.717) is 22.4 Å². The van der Waals surface area contributed by atoms with Crippen molar-refractivity contribution in [3.8, 4) is 0 Å². The summed E-state index contributed by atoms with van der Waals surface area (Å²) in [6.45, 7) is 2.42. The number of carbonyl (C=O) groups is 1. The van der Waals surface area contributed by atoms with E-state index >= 15 is 0 Å². The van der Waals surface area contributed by atoms with Gasteiger partial charge >= 0.3 is 0 Å². The van der Waals surface area contributed by atoms with Gasteiger partial charge in [-0.3, -0.25) is 4.79 Å². The molecule has 7 nitrogen and oxygen atoms in total. The Hall–Kier alpha value is -2.43. The van der Waals surface area contributed by atoms with Crippen LogP contribution in [0.3, 0.4) is 0 Å². The summed E-state index contributed by atoms with van der Waals surface area (Å²) in [7, 11) is -3.09. The molecular weight excluding hydrogens is 464 g/mol. The summed E-state index contributed by atoms with van der Waals surface area (Å²) < 4.78 is 24.7. The van der Waals surface area contributed by atoms with E-state index in [4.69, 9.17) is 0 Å². The van der Waals surface area contributed by atoms with Crippen LogP contribution in [0.15, 0.2) is 58.9 Å². The number of benzene rings is 2. The van der Waals surface area contributed by atoms with E-state index in [9.17, 15) is 13.2 Å². The number of anilines is 2. The largest absolute Gasteiger partial charge is 0.334 e. The van der Waals surface area contributed by atoms with E-state index in [1.807, 2.05) is 61.5 Å². The van der Waals surface area contributed by atoms with Gasteiger partial charge in [0.2, 0.25) is 11.0 Å². The van der Waals surface area contributed by atoms with Crippen LogP contribution in [0.2, 0.25) is 0 Å². The Morgan fingerprint density at radius 3 is 2.72 bits per heavy atom. The normalized spacial score (nSPS) is 17.2. The van der Waals surface area contributed by atoms with E-state index in [1.165, 1.54) is 23.1 Å². The molecule has 0 unspecified atom stereocenters. The van der Waals surface area contributed by atoms with Gasteiger partial charge in [-0.2, -0.15) is 0 Å². The quantitative estimate of drug-likeness (QED) is 0.481. The number of sulfone groups is 1. The molecule has 1 aliphatic rings. The molecule has 32 heavy (non-hydrogen) atoms. The van der Waals surface area contributed by atoms with Crippen molar-refractivity contribution >= 4 is 49.7 Å². The van der Waals surface area contributed by atoms with Gasteiger partial charge in [0.15, 0.2) is 14.2 Å². The molecule has 2 heterocycles. The number of carbonyl (C=O) groups excluding carboxylic acids is 1. The molecule has 0 spiro atoms. The molecule has 1 fully saturated rings. The molecule has 1 aromatic heterocycles. The molecule has 3 aromatic rings. The second-order valence-electron chi connectivity index (χ2n) is 7.72. The van der Waals surface area contributed by atoms with Crippen LogP contribution < -0.4 is 5.32 Å². The van der Waals surface area contributed by atoms with E-state index < -0.39 is 9.84 Å². The smallest absolute Gasteiger partial charge is 0.233 e. The number of aryl methyl sites for hydroxylation is 1. The van der Waals surface area contributed by atoms with Crippen molar-refractivity contribution in [2.75, 3.05) is 22.6 Å². The Balaban J connectivity index is 1.40. The lowest BCUT2D eigenvalue weighted by molar-refractivity contribution is -0.130. The molecule has 10 heteroatoms. The number of hydrogen-bond acceptors (Lipinski definition) is 8. The SMILES string of the molecule is Cc1cccc(Nc2nnc(SCC(=O)N(Cc3ccccc3)[C@H]3CCS(=O)(=O)C3)s2)c1. The Morgan fingerprint density at radius 2 is 2.00 bits per heavy atom. The summed E-state index contributed by atoms with van der Waals surface area (Å²) in [6.07, 6.45) is 0.481. The molecule has 1 amide bonds. The number of rotatable bonds is 8. The molecule has 1 N–H and O–H groups in total. The van der Waals surface area contributed by atoms with Crippen LogP contribution in [0.1, 0.15) is 17.5 Å². The first-order valence-electron chi connectivity index (χ1n) is 10.2. The van der Waals surface area contributed by atoms with Crippen LogP contribution in [0, 0.1) is 6.92 Å². The number of amides is 1. The zero-order valence-corrected chi connectivity index (χ0v) is 20.0. The van der Waals surface area contributed by atoms with E-state index in [0.717, 1.165) is 16.8 Å². The van der Waals surface area contributed by atoms with Crippen LogP contribution in [0.4, 0.5) is 10.8 Å². The van der Waals surface area contributed by atoms with Crippen LogP contribution >= 0.6 is 23.1 Å². The molecule has 1 atom stereocenters. The van der Waals surface area contributed by atoms with Gasteiger partial charge in [-0.25, -0.2) is 8.42 Å². The molecule has 2 aromatic carbocycles. The highest BCUT2D eigenvalue weighted by atomic mass is 32.2. The van der Waals surface area contributed by atoms with Crippen LogP contribution in [-0.2, 0) is 21.2 Å². The third kappa shape index (κ3) is 6.08. The van der Waals surface area contributed by atoms with E-state index in [1.54, 1.807) is 4.90 Å². The van der Waals surface area contributed by atoms with Gasteiger partial charge < -0.3 is 10.2 Å². The monoisotopic (exact) mass is 488 g/mol. The zero-order chi connectivity index (χ0) is 22.6. The van der Waals surface area contributed by atoms with Crippen LogP contribution in [0.25, 0.3) is 0 Å². The lowest BCUT2D eigenvalue weighted by atomic mass is 10.1. The second kappa shape index (κ2) is 10.0. The fourth-order valence-electron chi connectivity index (χ4n) is 3.59. The van der Waals surface area contributed by atoms with Gasteiger partial charge in [-0.05, 0) is 36.6 Å². The topological polar surface area (TPSA) is 92.3 Å². The predicted molar refractivity (Wildman–Crippen MR) is 129 cm³/mol. The van der Waals surface area contributed by atoms with Gasteiger partial charge in [-0.15, -0.1) is 10.2 Å². The first kappa shape index (κ1) is 22.8. The summed E-state index contributed by atoms with van der Waals surface area (Å²) in [6, 6.07) is 17.3. The van der Waals surface area contributed by atoms with Gasteiger partial charge in [0.1, 0.15) is 0 Å². The predicted octanol–water partition coefficient (Wildman–Crippen LogP) is 3.90. The molecular formula is C22H24N4O3S3. The number of aromatic nitrogens is 2. The third-order valence-corrected chi connectivity index (χ3v) is 8.87.